The second kappa shape index (κ2) is 6.46. The smallest absolute Gasteiger partial charge is 0.173 e. The number of nitrogens with two attached hydrogens (primary N) is 1. The summed E-state index contributed by atoms with van der Waals surface area (Å²) in [4.78, 5) is 0. The van der Waals surface area contributed by atoms with E-state index in [9.17, 15) is 4.39 Å². The van der Waals surface area contributed by atoms with E-state index in [0.717, 1.165) is 23.1 Å². The molecule has 0 bridgehead atoms. The zero-order valence-corrected chi connectivity index (χ0v) is 11.9. The van der Waals surface area contributed by atoms with Gasteiger partial charge in [0.05, 0.1) is 6.61 Å². The monoisotopic (exact) mass is 275 g/mol. The first-order valence-corrected chi connectivity index (χ1v) is 6.83. The Morgan fingerprint density at radius 2 is 1.85 bits per heavy atom. The minimum absolute atomic E-state index is 0. The lowest BCUT2D eigenvalue weighted by atomic mass is 9.49. The Kier molecular flexibility index (Phi) is 4.67. The summed E-state index contributed by atoms with van der Waals surface area (Å²) in [5.74, 6) is 0.368. The van der Waals surface area contributed by atoms with Gasteiger partial charge in [-0.2, -0.15) is 0 Å². The van der Waals surface area contributed by atoms with Crippen molar-refractivity contribution in [3.63, 3.8) is 0 Å². The van der Waals surface area contributed by atoms with E-state index in [4.69, 9.17) is 10.5 Å². The van der Waals surface area contributed by atoms with E-state index < -0.39 is 0 Å². The summed E-state index contributed by atoms with van der Waals surface area (Å²) in [5, 5.41) is 0. The third kappa shape index (κ3) is 3.76. The van der Waals surface area contributed by atoms with E-state index >= 15 is 0 Å². The molecule has 0 unspecified atom stereocenters. The van der Waals surface area contributed by atoms with E-state index in [2.05, 4.69) is 0 Å². The van der Waals surface area contributed by atoms with E-state index in [-0.39, 0.29) is 15.4 Å². The molecule has 0 saturated heterocycles. The van der Waals surface area contributed by atoms with Crippen molar-refractivity contribution in [2.24, 2.45) is 0 Å². The van der Waals surface area contributed by atoms with Gasteiger partial charge in [-0.25, -0.2) is 4.39 Å². The lowest BCUT2D eigenvalue weighted by Gasteiger charge is -2.09. The molecule has 0 amide bonds. The summed E-state index contributed by atoms with van der Waals surface area (Å²) in [7, 11) is 0. The van der Waals surface area contributed by atoms with Crippen LogP contribution in [0.25, 0.3) is 0 Å². The number of rotatable bonds is 5. The summed E-state index contributed by atoms with van der Waals surface area (Å²) < 4.78 is 19.4. The third-order valence-corrected chi connectivity index (χ3v) is 3.23. The van der Waals surface area contributed by atoms with Gasteiger partial charge in [0.15, 0.2) is 6.71 Å². The molecule has 4 heteroatoms. The van der Waals surface area contributed by atoms with Gasteiger partial charge in [-0.3, -0.25) is 0 Å². The fourth-order valence-corrected chi connectivity index (χ4v) is 2.04. The van der Waals surface area contributed by atoms with Crippen LogP contribution >= 0.6 is 0 Å². The summed E-state index contributed by atoms with van der Waals surface area (Å²) in [6, 6.07) is 12.7. The molecule has 2 aromatic carbocycles. The number of hydrogen-bond donors (Lipinski definition) is 1. The Balaban J connectivity index is 0.00000220. The lowest BCUT2D eigenvalue weighted by molar-refractivity contribution is 0.320. The Bertz CT molecular complexity index is 579. The van der Waals surface area contributed by atoms with Gasteiger partial charge in [0, 0.05) is 21.0 Å². The van der Waals surface area contributed by atoms with Crippen molar-refractivity contribution in [1.82, 2.24) is 0 Å². The maximum atomic E-state index is 13.8. The lowest BCUT2D eigenvalue weighted by Crippen LogP contribution is -2.25. The van der Waals surface area contributed by atoms with Gasteiger partial charge in [0.25, 0.3) is 0 Å². The Morgan fingerprint density at radius 1 is 1.15 bits per heavy atom. The van der Waals surface area contributed by atoms with E-state index in [1.54, 1.807) is 6.07 Å². The van der Waals surface area contributed by atoms with Crippen molar-refractivity contribution in [2.75, 3.05) is 12.3 Å². The number of ether oxygens (including phenoxy) is 1. The maximum Gasteiger partial charge on any atom is 0.173 e. The fraction of sp³-hybridized carbons (Fsp3) is 0.250. The molecule has 0 aliphatic carbocycles. The summed E-state index contributed by atoms with van der Waals surface area (Å²) in [6.45, 7) is 4.64. The standard InChI is InChI=1S/C16H19BFNO.2H2/c1-17(2)15-8-7-14(11-16(15)18)20-10-9-12-3-5-13(19)6-4-12;;/h3-8,11H,9-10,19H2,1-2H3;2*1H. The minimum Gasteiger partial charge on any atom is -0.493 e. The molecule has 0 saturated carbocycles. The highest BCUT2D eigenvalue weighted by Crippen LogP contribution is 2.13. The zero-order valence-electron chi connectivity index (χ0n) is 11.9. The molecule has 2 nitrogen and oxygen atoms in total. The average Bonchev–Trinajstić information content (AvgIpc) is 2.41. The molecule has 2 rings (SSSR count). The topological polar surface area (TPSA) is 35.2 Å². The van der Waals surface area contributed by atoms with Crippen LogP contribution in [0.4, 0.5) is 10.1 Å². The first-order valence-electron chi connectivity index (χ1n) is 6.83. The average molecular weight is 275 g/mol. The van der Waals surface area contributed by atoms with Gasteiger partial charge in [-0.05, 0) is 29.2 Å². The third-order valence-electron chi connectivity index (χ3n) is 3.23. The van der Waals surface area contributed by atoms with E-state index in [1.807, 2.05) is 44.0 Å². The molecule has 20 heavy (non-hydrogen) atoms. The predicted molar refractivity (Wildman–Crippen MR) is 87.8 cm³/mol. The van der Waals surface area contributed by atoms with Gasteiger partial charge in [-0.1, -0.05) is 31.8 Å². The molecule has 0 fully saturated rings. The molecular formula is C16H23BFNO. The Morgan fingerprint density at radius 3 is 2.45 bits per heavy atom. The molecule has 0 atom stereocenters. The second-order valence-electron chi connectivity index (χ2n) is 5.18. The molecule has 0 radical (unpaired) electrons. The number of hydrogen-bond acceptors (Lipinski definition) is 2. The normalized spacial score (nSPS) is 10.3. The van der Waals surface area contributed by atoms with Crippen LogP contribution in [0.5, 0.6) is 5.75 Å². The summed E-state index contributed by atoms with van der Waals surface area (Å²) in [6.07, 6.45) is 0.772. The van der Waals surface area contributed by atoms with Crippen LogP contribution < -0.4 is 15.9 Å². The highest BCUT2D eigenvalue weighted by atomic mass is 19.1. The van der Waals surface area contributed by atoms with E-state index in [1.165, 1.54) is 6.07 Å². The van der Waals surface area contributed by atoms with Crippen LogP contribution in [0.1, 0.15) is 8.42 Å². The van der Waals surface area contributed by atoms with Gasteiger partial charge in [0.1, 0.15) is 11.6 Å². The van der Waals surface area contributed by atoms with Crippen LogP contribution in [-0.2, 0) is 6.42 Å². The molecule has 2 aromatic rings. The highest BCUT2D eigenvalue weighted by molar-refractivity contribution is 6.70. The quantitative estimate of drug-likeness (QED) is 0.669. The van der Waals surface area contributed by atoms with Gasteiger partial charge < -0.3 is 10.5 Å². The maximum absolute atomic E-state index is 13.8. The number of nitrogen functional groups attached to an aromatic ring is 1. The molecule has 0 heterocycles. The SMILES string of the molecule is CB(C)c1ccc(OCCc2ccc(N)cc2)cc1F.[HH].[HH]. The van der Waals surface area contributed by atoms with Crippen molar-refractivity contribution < 1.29 is 12.0 Å². The van der Waals surface area contributed by atoms with Crippen LogP contribution in [-0.4, -0.2) is 13.3 Å². The van der Waals surface area contributed by atoms with Gasteiger partial charge >= 0.3 is 0 Å². The van der Waals surface area contributed by atoms with Crippen molar-refractivity contribution in [3.05, 3.63) is 53.8 Å². The molecule has 0 spiro atoms. The number of anilines is 1. The summed E-state index contributed by atoms with van der Waals surface area (Å²) >= 11 is 0. The van der Waals surface area contributed by atoms with Crippen LogP contribution in [0.2, 0.25) is 13.6 Å². The minimum atomic E-state index is -0.204. The number of halogens is 1. The highest BCUT2D eigenvalue weighted by Gasteiger charge is 2.10. The van der Waals surface area contributed by atoms with Crippen LogP contribution in [0.15, 0.2) is 42.5 Å². The summed E-state index contributed by atoms with van der Waals surface area (Å²) in [5.41, 5.74) is 8.25. The van der Waals surface area contributed by atoms with Crippen LogP contribution in [0.3, 0.4) is 0 Å². The molecule has 108 valence electrons. The van der Waals surface area contributed by atoms with Crippen molar-refractivity contribution in [3.8, 4) is 5.75 Å². The first kappa shape index (κ1) is 14.4. The largest absolute Gasteiger partial charge is 0.493 e. The van der Waals surface area contributed by atoms with Crippen molar-refractivity contribution in [1.29, 1.82) is 0 Å². The molecule has 0 aliphatic heterocycles. The Labute approximate surface area is 122 Å². The van der Waals surface area contributed by atoms with E-state index in [0.29, 0.717) is 12.4 Å². The molecular weight excluding hydrogens is 252 g/mol. The zero-order chi connectivity index (χ0) is 14.5. The van der Waals surface area contributed by atoms with Gasteiger partial charge in [-0.15, -0.1) is 0 Å². The predicted octanol–water partition coefficient (Wildman–Crippen LogP) is 3.48. The molecule has 0 aromatic heterocycles. The first-order chi connectivity index (χ1) is 9.56. The molecule has 2 N–H and O–H groups in total. The van der Waals surface area contributed by atoms with Gasteiger partial charge in [0.2, 0.25) is 0 Å². The molecule has 0 aliphatic rings. The fourth-order valence-electron chi connectivity index (χ4n) is 2.04. The number of benzene rings is 2. The second-order valence-corrected chi connectivity index (χ2v) is 5.18. The van der Waals surface area contributed by atoms with Crippen LogP contribution in [0, 0.1) is 5.82 Å². The Hall–Kier alpha value is -1.97. The van der Waals surface area contributed by atoms with Crippen molar-refractivity contribution >= 4 is 17.9 Å². The van der Waals surface area contributed by atoms with Crippen molar-refractivity contribution in [2.45, 2.75) is 20.1 Å².